The number of thioether (sulfide) groups is 1. The van der Waals surface area contributed by atoms with E-state index < -0.39 is 6.10 Å². The van der Waals surface area contributed by atoms with E-state index in [-0.39, 0.29) is 6.61 Å². The van der Waals surface area contributed by atoms with Gasteiger partial charge in [0, 0.05) is 11.0 Å². The molecule has 2 nitrogen and oxygen atoms in total. The highest BCUT2D eigenvalue weighted by Crippen LogP contribution is 2.11. The lowest BCUT2D eigenvalue weighted by Crippen LogP contribution is -2.16. The fourth-order valence-electron chi connectivity index (χ4n) is 0.384. The molecular weight excluding hydrogens is 148 g/mol. The molecule has 0 fully saturated rings. The molecule has 0 spiro atoms. The minimum atomic E-state index is -0.590. The van der Waals surface area contributed by atoms with E-state index in [4.69, 9.17) is 10.2 Å². The van der Waals surface area contributed by atoms with Crippen LogP contribution in [0.2, 0.25) is 0 Å². The summed E-state index contributed by atoms with van der Waals surface area (Å²) >= 11 is 1.58. The van der Waals surface area contributed by atoms with E-state index in [0.29, 0.717) is 11.0 Å². The highest BCUT2D eigenvalue weighted by Gasteiger charge is 2.03. The van der Waals surface area contributed by atoms with E-state index in [1.54, 1.807) is 11.8 Å². The first kappa shape index (κ1) is 10.0. The molecule has 0 aromatic heterocycles. The van der Waals surface area contributed by atoms with Gasteiger partial charge in [0.15, 0.2) is 0 Å². The van der Waals surface area contributed by atoms with Crippen molar-refractivity contribution in [2.75, 3.05) is 12.4 Å². The van der Waals surface area contributed by atoms with Crippen molar-refractivity contribution in [3.63, 3.8) is 0 Å². The molecular formula is C7H14O2S. The fraction of sp³-hybridized carbons (Fsp3) is 0.714. The molecule has 60 valence electrons. The minimum absolute atomic E-state index is 0.156. The maximum Gasteiger partial charge on any atom is 0.0861 e. The molecule has 2 atom stereocenters. The Morgan fingerprint density at radius 3 is 2.70 bits per heavy atom. The largest absolute Gasteiger partial charge is 0.394 e. The van der Waals surface area contributed by atoms with Crippen LogP contribution in [0.25, 0.3) is 0 Å². The van der Waals surface area contributed by atoms with Gasteiger partial charge in [-0.05, 0) is 6.92 Å². The summed E-state index contributed by atoms with van der Waals surface area (Å²) in [5.41, 5.74) is 0. The molecule has 3 heteroatoms. The topological polar surface area (TPSA) is 40.5 Å². The highest BCUT2D eigenvalue weighted by atomic mass is 32.2. The Morgan fingerprint density at radius 2 is 2.30 bits per heavy atom. The summed E-state index contributed by atoms with van der Waals surface area (Å²) in [5.74, 6) is 0.573. The van der Waals surface area contributed by atoms with Gasteiger partial charge in [0.1, 0.15) is 0 Å². The lowest BCUT2D eigenvalue weighted by atomic mass is 10.4. The molecule has 0 amide bonds. The predicted octanol–water partition coefficient (Wildman–Crippen LogP) is 0.647. The van der Waals surface area contributed by atoms with Crippen molar-refractivity contribution < 1.29 is 10.2 Å². The van der Waals surface area contributed by atoms with E-state index in [1.807, 2.05) is 13.0 Å². The van der Waals surface area contributed by atoms with E-state index in [9.17, 15) is 0 Å². The predicted molar refractivity (Wildman–Crippen MR) is 45.2 cm³/mol. The van der Waals surface area contributed by atoms with Crippen LogP contribution in [0.5, 0.6) is 0 Å². The zero-order valence-corrected chi connectivity index (χ0v) is 6.97. The van der Waals surface area contributed by atoms with E-state index in [0.717, 1.165) is 0 Å². The van der Waals surface area contributed by atoms with Gasteiger partial charge in [-0.2, -0.15) is 11.8 Å². The molecule has 0 heterocycles. The lowest BCUT2D eigenvalue weighted by molar-refractivity contribution is 0.113. The first-order valence-corrected chi connectivity index (χ1v) is 4.28. The lowest BCUT2D eigenvalue weighted by Gasteiger charge is -2.08. The van der Waals surface area contributed by atoms with Gasteiger partial charge < -0.3 is 10.2 Å². The fourth-order valence-corrected chi connectivity index (χ4v) is 1.15. The summed E-state index contributed by atoms with van der Waals surface area (Å²) < 4.78 is 0. The Hall–Kier alpha value is 0.01000. The second-order valence-electron chi connectivity index (χ2n) is 2.11. The highest BCUT2D eigenvalue weighted by molar-refractivity contribution is 8.00. The molecule has 0 saturated heterocycles. The molecule has 10 heavy (non-hydrogen) atoms. The molecule has 0 saturated carbocycles. The van der Waals surface area contributed by atoms with Crippen molar-refractivity contribution in [1.29, 1.82) is 0 Å². The molecule has 0 aromatic rings. The van der Waals surface area contributed by atoms with Crippen LogP contribution in [0.3, 0.4) is 0 Å². The zero-order chi connectivity index (χ0) is 7.98. The maximum atomic E-state index is 8.90. The van der Waals surface area contributed by atoms with Gasteiger partial charge in [-0.15, -0.1) is 6.58 Å². The van der Waals surface area contributed by atoms with Gasteiger partial charge in [0.2, 0.25) is 0 Å². The van der Waals surface area contributed by atoms with Crippen LogP contribution in [0.1, 0.15) is 6.92 Å². The number of hydrogen-bond donors (Lipinski definition) is 2. The van der Waals surface area contributed by atoms with Crippen LogP contribution >= 0.6 is 11.8 Å². The Kier molecular flexibility index (Phi) is 5.78. The van der Waals surface area contributed by atoms with Gasteiger partial charge in [-0.1, -0.05) is 6.08 Å². The summed E-state index contributed by atoms with van der Waals surface area (Å²) in [5, 5.41) is 17.7. The van der Waals surface area contributed by atoms with Crippen molar-refractivity contribution in [3.8, 4) is 0 Å². The summed E-state index contributed by atoms with van der Waals surface area (Å²) in [7, 11) is 0. The SMILES string of the molecule is C=CC(C)SCC(O)CO. The van der Waals surface area contributed by atoms with Crippen LogP contribution in [-0.2, 0) is 0 Å². The van der Waals surface area contributed by atoms with Crippen LogP contribution in [-0.4, -0.2) is 33.9 Å². The summed E-state index contributed by atoms with van der Waals surface area (Å²) in [4.78, 5) is 0. The molecule has 0 aliphatic rings. The average Bonchev–Trinajstić information content (AvgIpc) is 1.99. The van der Waals surface area contributed by atoms with Gasteiger partial charge >= 0.3 is 0 Å². The summed E-state index contributed by atoms with van der Waals surface area (Å²) in [6.45, 7) is 5.45. The zero-order valence-electron chi connectivity index (χ0n) is 6.16. The molecule has 0 aromatic carbocycles. The van der Waals surface area contributed by atoms with Crippen LogP contribution in [0.15, 0.2) is 12.7 Å². The van der Waals surface area contributed by atoms with Gasteiger partial charge in [-0.25, -0.2) is 0 Å². The van der Waals surface area contributed by atoms with E-state index in [1.165, 1.54) is 0 Å². The van der Waals surface area contributed by atoms with Gasteiger partial charge in [-0.3, -0.25) is 0 Å². The number of aliphatic hydroxyl groups is 2. The average molecular weight is 162 g/mol. The summed E-state index contributed by atoms with van der Waals surface area (Å²) in [6.07, 6.45) is 1.22. The standard InChI is InChI=1S/C7H14O2S/c1-3-6(2)10-5-7(9)4-8/h3,6-9H,1,4-5H2,2H3. The van der Waals surface area contributed by atoms with Crippen LogP contribution in [0.4, 0.5) is 0 Å². The number of hydrogen-bond acceptors (Lipinski definition) is 3. The van der Waals surface area contributed by atoms with E-state index in [2.05, 4.69) is 6.58 Å². The number of rotatable bonds is 5. The molecule has 0 aliphatic heterocycles. The molecule has 0 rings (SSSR count). The number of aliphatic hydroxyl groups excluding tert-OH is 2. The quantitative estimate of drug-likeness (QED) is 0.583. The Bertz CT molecular complexity index is 95.6. The maximum absolute atomic E-state index is 8.90. The second-order valence-corrected chi connectivity index (χ2v) is 3.52. The van der Waals surface area contributed by atoms with Crippen molar-refractivity contribution >= 4 is 11.8 Å². The van der Waals surface area contributed by atoms with Crippen molar-refractivity contribution in [2.24, 2.45) is 0 Å². The third-order valence-corrected chi connectivity index (χ3v) is 2.39. The van der Waals surface area contributed by atoms with Crippen LogP contribution < -0.4 is 0 Å². The third-order valence-electron chi connectivity index (χ3n) is 1.09. The van der Waals surface area contributed by atoms with Crippen molar-refractivity contribution in [3.05, 3.63) is 12.7 Å². The first-order valence-electron chi connectivity index (χ1n) is 3.23. The Labute approximate surface area is 66.0 Å². The molecule has 2 unspecified atom stereocenters. The van der Waals surface area contributed by atoms with Crippen molar-refractivity contribution in [2.45, 2.75) is 18.3 Å². The van der Waals surface area contributed by atoms with Gasteiger partial charge in [0.05, 0.1) is 12.7 Å². The second kappa shape index (κ2) is 5.77. The molecule has 2 N–H and O–H groups in total. The Morgan fingerprint density at radius 1 is 1.70 bits per heavy atom. The van der Waals surface area contributed by atoms with Crippen molar-refractivity contribution in [1.82, 2.24) is 0 Å². The first-order chi connectivity index (χ1) is 4.70. The van der Waals surface area contributed by atoms with Gasteiger partial charge in [0.25, 0.3) is 0 Å². The molecule has 0 aliphatic carbocycles. The minimum Gasteiger partial charge on any atom is -0.394 e. The van der Waals surface area contributed by atoms with Crippen LogP contribution in [0, 0.1) is 0 Å². The van der Waals surface area contributed by atoms with E-state index >= 15 is 0 Å². The third kappa shape index (κ3) is 4.85. The molecule has 0 bridgehead atoms. The monoisotopic (exact) mass is 162 g/mol. The summed E-state index contributed by atoms with van der Waals surface area (Å²) in [6, 6.07) is 0. The smallest absolute Gasteiger partial charge is 0.0861 e. The molecule has 0 radical (unpaired) electrons. The normalized spacial score (nSPS) is 16.3. The Balaban J connectivity index is 3.25.